The minimum atomic E-state index is -0.836. The van der Waals surface area contributed by atoms with Gasteiger partial charge in [-0.15, -0.1) is 0 Å². The lowest BCUT2D eigenvalue weighted by molar-refractivity contribution is -0.0458. The van der Waals surface area contributed by atoms with Crippen LogP contribution in [0.1, 0.15) is 12.6 Å². The highest BCUT2D eigenvalue weighted by atomic mass is 16.5. The molecule has 0 amide bonds. The van der Waals surface area contributed by atoms with Crippen LogP contribution < -0.4 is 16.6 Å². The highest BCUT2D eigenvalue weighted by molar-refractivity contribution is 5.36. The van der Waals surface area contributed by atoms with Crippen LogP contribution in [0.4, 0.5) is 5.69 Å². The molecule has 18 heavy (non-hydrogen) atoms. The first-order valence-electron chi connectivity index (χ1n) is 5.54. The quantitative estimate of drug-likeness (QED) is 0.508. The second-order valence-corrected chi connectivity index (χ2v) is 4.07. The minimum Gasteiger partial charge on any atom is -0.394 e. The molecule has 8 heteroatoms. The van der Waals surface area contributed by atoms with Crippen molar-refractivity contribution in [2.45, 2.75) is 24.9 Å². The van der Waals surface area contributed by atoms with Crippen molar-refractivity contribution in [3.63, 3.8) is 0 Å². The molecule has 0 unspecified atom stereocenters. The molecule has 2 rings (SSSR count). The van der Waals surface area contributed by atoms with Gasteiger partial charge in [-0.3, -0.25) is 14.3 Å². The van der Waals surface area contributed by atoms with Gasteiger partial charge in [0.25, 0.3) is 5.56 Å². The molecule has 1 aromatic heterocycles. The van der Waals surface area contributed by atoms with E-state index in [2.05, 4.69) is 10.3 Å². The smallest absolute Gasteiger partial charge is 0.330 e. The maximum atomic E-state index is 11.7. The Labute approximate surface area is 102 Å². The lowest BCUT2D eigenvalue weighted by atomic mass is 10.2. The zero-order valence-corrected chi connectivity index (χ0v) is 9.79. The van der Waals surface area contributed by atoms with Gasteiger partial charge in [0.15, 0.2) is 0 Å². The number of nitrogens with zero attached hydrogens (tertiary/aromatic N) is 1. The fourth-order valence-corrected chi connectivity index (χ4v) is 1.93. The van der Waals surface area contributed by atoms with E-state index in [0.717, 1.165) is 0 Å². The Morgan fingerprint density at radius 1 is 1.61 bits per heavy atom. The molecule has 0 radical (unpaired) electrons. The molecule has 3 atom stereocenters. The second-order valence-electron chi connectivity index (χ2n) is 4.07. The summed E-state index contributed by atoms with van der Waals surface area (Å²) in [7, 11) is 1.56. The normalized spacial score (nSPS) is 27.4. The standard InChI is InChI=1S/C10H15N3O5/c1-11-5-3-13(10(17)12-9(5)16)8-2-6(15)7(4-14)18-8/h3,6-8,11,14-15H,2,4H2,1H3,(H,12,16,17)/t6-,7+,8+/m1/s1. The first-order chi connectivity index (χ1) is 8.56. The number of anilines is 1. The molecule has 1 aliphatic heterocycles. The summed E-state index contributed by atoms with van der Waals surface area (Å²) < 4.78 is 6.53. The maximum Gasteiger partial charge on any atom is 0.330 e. The van der Waals surface area contributed by atoms with Crippen molar-refractivity contribution >= 4 is 5.69 Å². The number of ether oxygens (including phenoxy) is 1. The summed E-state index contributed by atoms with van der Waals surface area (Å²) in [5.41, 5.74) is -0.911. The van der Waals surface area contributed by atoms with E-state index >= 15 is 0 Å². The number of aromatic nitrogens is 2. The molecule has 100 valence electrons. The SMILES string of the molecule is CNc1cn([C@@H]2C[C@@H](O)[C@H](CO)O2)c(=O)[nH]c1=O. The summed E-state index contributed by atoms with van der Waals surface area (Å²) in [6.45, 7) is -0.325. The Bertz CT molecular complexity index is 537. The Balaban J connectivity index is 2.35. The fraction of sp³-hybridized carbons (Fsp3) is 0.600. The molecule has 0 aromatic carbocycles. The van der Waals surface area contributed by atoms with Crippen molar-refractivity contribution in [3.05, 3.63) is 27.0 Å². The average Bonchev–Trinajstić information content (AvgIpc) is 2.70. The summed E-state index contributed by atoms with van der Waals surface area (Å²) in [5, 5.41) is 21.2. The van der Waals surface area contributed by atoms with Crippen molar-refractivity contribution in [3.8, 4) is 0 Å². The molecule has 1 aliphatic rings. The Morgan fingerprint density at radius 2 is 2.33 bits per heavy atom. The summed E-state index contributed by atoms with van der Waals surface area (Å²) in [4.78, 5) is 25.2. The molecule has 1 fully saturated rings. The van der Waals surface area contributed by atoms with E-state index in [-0.39, 0.29) is 18.7 Å². The third-order valence-electron chi connectivity index (χ3n) is 2.93. The lowest BCUT2D eigenvalue weighted by Crippen LogP contribution is -2.33. The molecular formula is C10H15N3O5. The van der Waals surface area contributed by atoms with Crippen molar-refractivity contribution < 1.29 is 14.9 Å². The van der Waals surface area contributed by atoms with Crippen LogP contribution in [-0.4, -0.2) is 45.6 Å². The number of aliphatic hydroxyl groups is 2. The largest absolute Gasteiger partial charge is 0.394 e. The molecule has 0 spiro atoms. The Morgan fingerprint density at radius 3 is 2.89 bits per heavy atom. The van der Waals surface area contributed by atoms with Crippen molar-refractivity contribution in [2.24, 2.45) is 0 Å². The van der Waals surface area contributed by atoms with Crippen molar-refractivity contribution in [1.82, 2.24) is 9.55 Å². The number of hydrogen-bond donors (Lipinski definition) is 4. The number of hydrogen-bond acceptors (Lipinski definition) is 6. The van der Waals surface area contributed by atoms with Crippen LogP contribution in [0.2, 0.25) is 0 Å². The van der Waals surface area contributed by atoms with Crippen LogP contribution in [0.3, 0.4) is 0 Å². The predicted molar refractivity (Wildman–Crippen MR) is 62.5 cm³/mol. The monoisotopic (exact) mass is 257 g/mol. The number of nitrogens with one attached hydrogen (secondary N) is 2. The molecule has 1 saturated heterocycles. The van der Waals surface area contributed by atoms with E-state index in [1.807, 2.05) is 0 Å². The van der Waals surface area contributed by atoms with Gasteiger partial charge in [-0.2, -0.15) is 0 Å². The first-order valence-corrected chi connectivity index (χ1v) is 5.54. The zero-order chi connectivity index (χ0) is 13.3. The van der Waals surface area contributed by atoms with Gasteiger partial charge in [0.05, 0.1) is 12.7 Å². The zero-order valence-electron chi connectivity index (χ0n) is 9.79. The van der Waals surface area contributed by atoms with Crippen LogP contribution in [0, 0.1) is 0 Å². The van der Waals surface area contributed by atoms with Gasteiger partial charge in [0.1, 0.15) is 18.0 Å². The van der Waals surface area contributed by atoms with Crippen molar-refractivity contribution in [1.29, 1.82) is 0 Å². The van der Waals surface area contributed by atoms with Gasteiger partial charge in [-0.25, -0.2) is 4.79 Å². The lowest BCUT2D eigenvalue weighted by Gasteiger charge is -2.15. The molecule has 8 nitrogen and oxygen atoms in total. The topological polar surface area (TPSA) is 117 Å². The van der Waals surface area contributed by atoms with Gasteiger partial charge >= 0.3 is 5.69 Å². The molecule has 4 N–H and O–H groups in total. The molecular weight excluding hydrogens is 242 g/mol. The molecule has 0 saturated carbocycles. The maximum absolute atomic E-state index is 11.7. The van der Waals surface area contributed by atoms with Crippen molar-refractivity contribution in [2.75, 3.05) is 19.0 Å². The van der Waals surface area contributed by atoms with Gasteiger partial charge in [0.2, 0.25) is 0 Å². The van der Waals surface area contributed by atoms with Crippen LogP contribution in [-0.2, 0) is 4.74 Å². The highest BCUT2D eigenvalue weighted by Gasteiger charge is 2.35. The molecule has 0 aliphatic carbocycles. The van der Waals surface area contributed by atoms with E-state index in [1.54, 1.807) is 7.05 Å². The molecule has 1 aromatic rings. The number of aliphatic hydroxyl groups excluding tert-OH is 2. The number of aromatic amines is 1. The summed E-state index contributed by atoms with van der Waals surface area (Å²) >= 11 is 0. The third-order valence-corrected chi connectivity index (χ3v) is 2.93. The van der Waals surface area contributed by atoms with E-state index < -0.39 is 29.7 Å². The van der Waals surface area contributed by atoms with Crippen LogP contribution in [0.15, 0.2) is 15.8 Å². The van der Waals surface area contributed by atoms with E-state index in [4.69, 9.17) is 9.84 Å². The highest BCUT2D eigenvalue weighted by Crippen LogP contribution is 2.27. The Hall–Kier alpha value is -1.64. The van der Waals surface area contributed by atoms with E-state index in [9.17, 15) is 14.7 Å². The predicted octanol–water partition coefficient (Wildman–Crippen LogP) is -1.78. The first kappa shape index (κ1) is 12.8. The number of H-pyrrole nitrogens is 1. The third kappa shape index (κ3) is 2.17. The Kier molecular flexibility index (Phi) is 3.50. The van der Waals surface area contributed by atoms with Gasteiger partial charge in [-0.1, -0.05) is 0 Å². The summed E-state index contributed by atoms with van der Waals surface area (Å²) in [5.74, 6) is 0. The minimum absolute atomic E-state index is 0.181. The van der Waals surface area contributed by atoms with Crippen LogP contribution >= 0.6 is 0 Å². The van der Waals surface area contributed by atoms with Gasteiger partial charge in [0, 0.05) is 19.7 Å². The van der Waals surface area contributed by atoms with Gasteiger partial charge in [-0.05, 0) is 0 Å². The molecule has 0 bridgehead atoms. The van der Waals surface area contributed by atoms with Crippen LogP contribution in [0.25, 0.3) is 0 Å². The second kappa shape index (κ2) is 4.92. The summed E-state index contributed by atoms with van der Waals surface area (Å²) in [6.07, 6.45) is -0.740. The fourth-order valence-electron chi connectivity index (χ4n) is 1.93. The van der Waals surface area contributed by atoms with E-state index in [0.29, 0.717) is 0 Å². The summed E-state index contributed by atoms with van der Waals surface area (Å²) in [6, 6.07) is 0. The van der Waals surface area contributed by atoms with E-state index in [1.165, 1.54) is 10.8 Å². The van der Waals surface area contributed by atoms with Gasteiger partial charge < -0.3 is 20.3 Å². The average molecular weight is 257 g/mol. The molecule has 2 heterocycles. The number of rotatable bonds is 3. The van der Waals surface area contributed by atoms with Crippen LogP contribution in [0.5, 0.6) is 0 Å².